The number of nitrogens with one attached hydrogen (secondary N) is 1. The fraction of sp³-hybridized carbons (Fsp3) is 0.143. The van der Waals surface area contributed by atoms with Crippen LogP contribution in [-0.2, 0) is 6.54 Å². The maximum absolute atomic E-state index is 5.94. The van der Waals surface area contributed by atoms with Crippen LogP contribution in [0.4, 0.5) is 0 Å². The number of benzene rings is 1. The van der Waals surface area contributed by atoms with Gasteiger partial charge in [0.1, 0.15) is 5.75 Å². The summed E-state index contributed by atoms with van der Waals surface area (Å²) in [6.45, 7) is 0.630. The molecule has 0 fully saturated rings. The summed E-state index contributed by atoms with van der Waals surface area (Å²) in [5, 5.41) is 0.585. The lowest BCUT2D eigenvalue weighted by Crippen LogP contribution is -2.01. The van der Waals surface area contributed by atoms with Crippen LogP contribution in [0.5, 0.6) is 5.75 Å². The molecular formula is C14H12ClN3OS. The van der Waals surface area contributed by atoms with Gasteiger partial charge in [0.2, 0.25) is 0 Å². The van der Waals surface area contributed by atoms with Crippen molar-refractivity contribution in [2.45, 2.75) is 6.54 Å². The average Bonchev–Trinajstić information content (AvgIpc) is 2.74. The van der Waals surface area contributed by atoms with E-state index in [-0.39, 0.29) is 0 Å². The zero-order valence-electron chi connectivity index (χ0n) is 10.8. The normalized spacial score (nSPS) is 10.9. The first-order valence-electron chi connectivity index (χ1n) is 6.04. The molecule has 0 unspecified atom stereocenters. The molecule has 0 amide bonds. The Balaban J connectivity index is 2.06. The maximum Gasteiger partial charge on any atom is 0.179 e. The second-order valence-corrected chi connectivity index (χ2v) is 5.22. The summed E-state index contributed by atoms with van der Waals surface area (Å²) >= 11 is 11.3. The minimum Gasteiger partial charge on any atom is -0.497 e. The molecule has 102 valence electrons. The molecule has 0 radical (unpaired) electrons. The Hall–Kier alpha value is -1.85. The topological polar surface area (TPSA) is 42.8 Å². The molecule has 0 saturated heterocycles. The molecule has 0 aliphatic heterocycles. The number of aromatic nitrogens is 3. The molecule has 1 aromatic carbocycles. The Morgan fingerprint density at radius 1 is 1.40 bits per heavy atom. The number of imidazole rings is 1. The number of nitrogens with zero attached hydrogens (tertiary/aromatic N) is 2. The van der Waals surface area contributed by atoms with E-state index in [2.05, 4.69) is 9.97 Å². The van der Waals surface area contributed by atoms with E-state index in [1.807, 2.05) is 34.9 Å². The van der Waals surface area contributed by atoms with Gasteiger partial charge in [-0.2, -0.15) is 0 Å². The van der Waals surface area contributed by atoms with Crippen LogP contribution in [0.1, 0.15) is 5.56 Å². The lowest BCUT2D eigenvalue weighted by Gasteiger charge is -2.06. The monoisotopic (exact) mass is 305 g/mol. The van der Waals surface area contributed by atoms with Crippen LogP contribution in [-0.4, -0.2) is 21.6 Å². The first-order valence-corrected chi connectivity index (χ1v) is 6.83. The molecule has 0 atom stereocenters. The van der Waals surface area contributed by atoms with Gasteiger partial charge in [-0.3, -0.25) is 4.57 Å². The van der Waals surface area contributed by atoms with Gasteiger partial charge in [-0.05, 0) is 36.0 Å². The van der Waals surface area contributed by atoms with Crippen LogP contribution in [0.25, 0.3) is 11.2 Å². The van der Waals surface area contributed by atoms with Crippen LogP contribution in [0.3, 0.4) is 0 Å². The molecule has 0 saturated carbocycles. The van der Waals surface area contributed by atoms with Crippen LogP contribution in [0, 0.1) is 4.77 Å². The molecule has 2 aromatic heterocycles. The first-order chi connectivity index (χ1) is 9.67. The van der Waals surface area contributed by atoms with Crippen LogP contribution in [0.15, 0.2) is 36.5 Å². The highest BCUT2D eigenvalue weighted by Gasteiger charge is 2.07. The van der Waals surface area contributed by atoms with E-state index >= 15 is 0 Å². The molecule has 0 bridgehead atoms. The Labute approximate surface area is 126 Å². The van der Waals surface area contributed by atoms with Crippen molar-refractivity contribution in [3.8, 4) is 5.75 Å². The summed E-state index contributed by atoms with van der Waals surface area (Å²) in [4.78, 5) is 7.46. The lowest BCUT2D eigenvalue weighted by atomic mass is 10.2. The summed E-state index contributed by atoms with van der Waals surface area (Å²) in [7, 11) is 1.65. The standard InChI is InChI=1S/C14H12ClN3OS/c1-19-11-4-2-3-9(5-11)8-18-13-12(17-14(18)20)6-10(15)7-16-13/h2-7H,8H2,1H3,(H,17,20). The highest BCUT2D eigenvalue weighted by atomic mass is 35.5. The van der Waals surface area contributed by atoms with Gasteiger partial charge in [0.05, 0.1) is 24.2 Å². The van der Waals surface area contributed by atoms with Crippen molar-refractivity contribution < 1.29 is 4.74 Å². The van der Waals surface area contributed by atoms with Crippen molar-refractivity contribution >= 4 is 35.0 Å². The van der Waals surface area contributed by atoms with Gasteiger partial charge in [0.25, 0.3) is 0 Å². The predicted molar refractivity (Wildman–Crippen MR) is 82.0 cm³/mol. The third kappa shape index (κ3) is 2.42. The predicted octanol–water partition coefficient (Wildman–Crippen LogP) is 3.80. The molecule has 20 heavy (non-hydrogen) atoms. The Morgan fingerprint density at radius 3 is 3.05 bits per heavy atom. The zero-order valence-corrected chi connectivity index (χ0v) is 12.3. The van der Waals surface area contributed by atoms with E-state index in [9.17, 15) is 0 Å². The molecule has 3 rings (SSSR count). The van der Waals surface area contributed by atoms with Crippen LogP contribution >= 0.6 is 23.8 Å². The third-order valence-corrected chi connectivity index (χ3v) is 3.58. The fourth-order valence-corrected chi connectivity index (χ4v) is 2.54. The first kappa shape index (κ1) is 13.1. The summed E-state index contributed by atoms with van der Waals surface area (Å²) in [6, 6.07) is 9.70. The average molecular weight is 306 g/mol. The van der Waals surface area contributed by atoms with E-state index in [0.717, 1.165) is 22.5 Å². The van der Waals surface area contributed by atoms with Crippen molar-refractivity contribution in [1.29, 1.82) is 0 Å². The van der Waals surface area contributed by atoms with E-state index in [4.69, 9.17) is 28.6 Å². The van der Waals surface area contributed by atoms with E-state index in [0.29, 0.717) is 16.3 Å². The molecule has 0 aliphatic carbocycles. The minimum atomic E-state index is 0.585. The quantitative estimate of drug-likeness (QED) is 0.748. The second-order valence-electron chi connectivity index (χ2n) is 4.39. The highest BCUT2D eigenvalue weighted by Crippen LogP contribution is 2.19. The maximum atomic E-state index is 5.94. The van der Waals surface area contributed by atoms with Gasteiger partial charge in [0.15, 0.2) is 10.4 Å². The number of hydrogen-bond acceptors (Lipinski definition) is 3. The Kier molecular flexibility index (Phi) is 3.46. The number of aromatic amines is 1. The third-order valence-electron chi connectivity index (χ3n) is 3.05. The minimum absolute atomic E-state index is 0.585. The van der Waals surface area contributed by atoms with E-state index in [1.54, 1.807) is 13.3 Å². The Morgan fingerprint density at radius 2 is 2.25 bits per heavy atom. The van der Waals surface area contributed by atoms with E-state index in [1.165, 1.54) is 0 Å². The Bertz CT molecular complexity index is 825. The SMILES string of the molecule is COc1cccc(Cn2c(=S)[nH]c3cc(Cl)cnc32)c1. The number of rotatable bonds is 3. The molecule has 2 heterocycles. The number of methoxy groups -OCH3 is 1. The van der Waals surface area contributed by atoms with Gasteiger partial charge in [-0.15, -0.1) is 0 Å². The number of fused-ring (bicyclic) bond motifs is 1. The summed E-state index contributed by atoms with van der Waals surface area (Å²) < 4.78 is 7.79. The van der Waals surface area contributed by atoms with Gasteiger partial charge < -0.3 is 9.72 Å². The molecule has 0 aliphatic rings. The second kappa shape index (κ2) is 5.26. The van der Waals surface area contributed by atoms with Crippen molar-refractivity contribution in [3.63, 3.8) is 0 Å². The number of H-pyrrole nitrogens is 1. The molecule has 0 spiro atoms. The van der Waals surface area contributed by atoms with Gasteiger partial charge in [-0.1, -0.05) is 23.7 Å². The molecule has 6 heteroatoms. The largest absolute Gasteiger partial charge is 0.497 e. The summed E-state index contributed by atoms with van der Waals surface area (Å²) in [5.41, 5.74) is 2.73. The molecule has 1 N–H and O–H groups in total. The van der Waals surface area contributed by atoms with Crippen molar-refractivity contribution in [2.75, 3.05) is 7.11 Å². The fourth-order valence-electron chi connectivity index (χ4n) is 2.12. The molecule has 4 nitrogen and oxygen atoms in total. The number of halogens is 1. The summed E-state index contributed by atoms with van der Waals surface area (Å²) in [6.07, 6.45) is 1.62. The van der Waals surface area contributed by atoms with E-state index < -0.39 is 0 Å². The van der Waals surface area contributed by atoms with Gasteiger partial charge in [-0.25, -0.2) is 4.98 Å². The number of ether oxygens (including phenoxy) is 1. The number of hydrogen-bond donors (Lipinski definition) is 1. The van der Waals surface area contributed by atoms with Crippen LogP contribution in [0.2, 0.25) is 5.02 Å². The summed E-state index contributed by atoms with van der Waals surface area (Å²) in [5.74, 6) is 0.824. The van der Waals surface area contributed by atoms with Gasteiger partial charge >= 0.3 is 0 Å². The van der Waals surface area contributed by atoms with Crippen molar-refractivity contribution in [2.24, 2.45) is 0 Å². The lowest BCUT2D eigenvalue weighted by molar-refractivity contribution is 0.414. The number of pyridine rings is 1. The molecule has 3 aromatic rings. The molecular weight excluding hydrogens is 294 g/mol. The van der Waals surface area contributed by atoms with Crippen molar-refractivity contribution in [1.82, 2.24) is 14.5 Å². The van der Waals surface area contributed by atoms with Crippen molar-refractivity contribution in [3.05, 3.63) is 51.9 Å². The zero-order chi connectivity index (χ0) is 14.1. The van der Waals surface area contributed by atoms with Gasteiger partial charge in [0, 0.05) is 6.20 Å². The van der Waals surface area contributed by atoms with Crippen LogP contribution < -0.4 is 4.74 Å². The highest BCUT2D eigenvalue weighted by molar-refractivity contribution is 7.71. The smallest absolute Gasteiger partial charge is 0.179 e.